The number of ether oxygens (including phenoxy) is 3. The highest BCUT2D eigenvalue weighted by Crippen LogP contribution is 2.32. The Morgan fingerprint density at radius 1 is 1.19 bits per heavy atom. The second-order valence-corrected chi connectivity index (χ2v) is 9.18. The first-order valence-corrected chi connectivity index (χ1v) is 11.9. The van der Waals surface area contributed by atoms with Crippen LogP contribution in [0.3, 0.4) is 0 Å². The summed E-state index contributed by atoms with van der Waals surface area (Å²) in [6, 6.07) is 12.4. The fourth-order valence-corrected chi connectivity index (χ4v) is 4.88. The van der Waals surface area contributed by atoms with Gasteiger partial charge in [-0.25, -0.2) is 9.78 Å². The molecule has 3 aromatic rings. The maximum atomic E-state index is 12.8. The highest BCUT2D eigenvalue weighted by atomic mass is 32.2. The number of nitrogens with zero attached hydrogens (tertiary/aromatic N) is 1. The van der Waals surface area contributed by atoms with E-state index in [4.69, 9.17) is 14.2 Å². The van der Waals surface area contributed by atoms with E-state index in [-0.39, 0.29) is 0 Å². The Kier molecular flexibility index (Phi) is 6.96. The molecule has 32 heavy (non-hydrogen) atoms. The fraction of sp³-hybridized carbons (Fsp3) is 0.261. The molecule has 1 aliphatic heterocycles. The SMILES string of the molecule is Cc1csc(SCc2ccccc2C(=O)O[C@@H](C)C(=O)Nc2ccc3c(c2)OCCO3)n1. The summed E-state index contributed by atoms with van der Waals surface area (Å²) in [4.78, 5) is 29.8. The number of nitrogens with one attached hydrogen (secondary N) is 1. The number of amides is 1. The topological polar surface area (TPSA) is 86.8 Å². The van der Waals surface area contributed by atoms with Gasteiger partial charge in [-0.1, -0.05) is 30.0 Å². The highest BCUT2D eigenvalue weighted by molar-refractivity contribution is 8.00. The lowest BCUT2D eigenvalue weighted by molar-refractivity contribution is -0.123. The molecule has 2 heterocycles. The van der Waals surface area contributed by atoms with Crippen LogP contribution in [0.1, 0.15) is 28.5 Å². The van der Waals surface area contributed by atoms with Crippen LogP contribution in [0.4, 0.5) is 5.69 Å². The van der Waals surface area contributed by atoms with E-state index in [1.165, 1.54) is 0 Å². The van der Waals surface area contributed by atoms with Crippen molar-refractivity contribution in [3.63, 3.8) is 0 Å². The van der Waals surface area contributed by atoms with Crippen molar-refractivity contribution in [3.8, 4) is 11.5 Å². The molecular weight excluding hydrogens is 448 g/mol. The van der Waals surface area contributed by atoms with Crippen LogP contribution in [0.15, 0.2) is 52.2 Å². The summed E-state index contributed by atoms with van der Waals surface area (Å²) < 4.78 is 17.4. The molecule has 0 unspecified atom stereocenters. The number of aromatic nitrogens is 1. The highest BCUT2D eigenvalue weighted by Gasteiger charge is 2.22. The standard InChI is InChI=1S/C23H22N2O5S2/c1-14-12-31-23(24-14)32-13-16-5-3-4-6-18(16)22(27)30-15(2)21(26)25-17-7-8-19-20(11-17)29-10-9-28-19/h3-8,11-12,15H,9-10,13H2,1-2H3,(H,25,26)/t15-/m0/s1. The van der Waals surface area contributed by atoms with Crippen molar-refractivity contribution in [1.82, 2.24) is 4.98 Å². The Balaban J connectivity index is 1.37. The van der Waals surface area contributed by atoms with Crippen molar-refractivity contribution in [2.75, 3.05) is 18.5 Å². The fourth-order valence-electron chi connectivity index (χ4n) is 3.03. The zero-order chi connectivity index (χ0) is 22.5. The van der Waals surface area contributed by atoms with Crippen molar-refractivity contribution in [1.29, 1.82) is 0 Å². The summed E-state index contributed by atoms with van der Waals surface area (Å²) in [5, 5.41) is 4.74. The minimum atomic E-state index is -0.974. The molecule has 9 heteroatoms. The lowest BCUT2D eigenvalue weighted by atomic mass is 10.1. The third-order valence-corrected chi connectivity index (χ3v) is 6.84. The number of carbonyl (C=O) groups excluding carboxylic acids is 2. The van der Waals surface area contributed by atoms with Crippen LogP contribution in [0.25, 0.3) is 0 Å². The van der Waals surface area contributed by atoms with Crippen molar-refractivity contribution in [2.45, 2.75) is 30.0 Å². The summed E-state index contributed by atoms with van der Waals surface area (Å²) in [5.74, 6) is 0.814. The summed E-state index contributed by atoms with van der Waals surface area (Å²) in [7, 11) is 0. The van der Waals surface area contributed by atoms with Crippen LogP contribution in [0.2, 0.25) is 0 Å². The number of hydrogen-bond acceptors (Lipinski definition) is 8. The Bertz CT molecular complexity index is 1130. The second-order valence-electron chi connectivity index (χ2n) is 7.10. The van der Waals surface area contributed by atoms with Gasteiger partial charge in [0.15, 0.2) is 17.6 Å². The predicted molar refractivity (Wildman–Crippen MR) is 124 cm³/mol. The maximum Gasteiger partial charge on any atom is 0.339 e. The molecule has 1 aliphatic rings. The van der Waals surface area contributed by atoms with Crippen LogP contribution in [-0.4, -0.2) is 36.2 Å². The van der Waals surface area contributed by atoms with Crippen molar-refractivity contribution in [2.24, 2.45) is 0 Å². The van der Waals surface area contributed by atoms with Gasteiger partial charge in [0, 0.05) is 28.6 Å². The van der Waals surface area contributed by atoms with E-state index < -0.39 is 18.0 Å². The zero-order valence-corrected chi connectivity index (χ0v) is 19.3. The number of aryl methyl sites for hydroxylation is 1. The summed E-state index contributed by atoms with van der Waals surface area (Å²) in [5.41, 5.74) is 2.78. The smallest absolute Gasteiger partial charge is 0.339 e. The van der Waals surface area contributed by atoms with Gasteiger partial charge in [0.05, 0.1) is 5.56 Å². The molecule has 0 bridgehead atoms. The Labute approximate surface area is 194 Å². The number of hydrogen-bond donors (Lipinski definition) is 1. The molecule has 2 aromatic carbocycles. The van der Waals surface area contributed by atoms with Gasteiger partial charge in [0.2, 0.25) is 0 Å². The third-order valence-electron chi connectivity index (χ3n) is 4.65. The number of thioether (sulfide) groups is 1. The van der Waals surface area contributed by atoms with E-state index in [1.807, 2.05) is 24.4 Å². The minimum Gasteiger partial charge on any atom is -0.486 e. The van der Waals surface area contributed by atoms with Gasteiger partial charge in [-0.2, -0.15) is 0 Å². The first kappa shape index (κ1) is 22.2. The molecule has 1 amide bonds. The molecule has 0 saturated carbocycles. The molecule has 0 radical (unpaired) electrons. The molecule has 0 fully saturated rings. The van der Waals surface area contributed by atoms with Gasteiger partial charge < -0.3 is 19.5 Å². The van der Waals surface area contributed by atoms with Crippen LogP contribution >= 0.6 is 23.1 Å². The van der Waals surface area contributed by atoms with E-state index in [9.17, 15) is 9.59 Å². The summed E-state index contributed by atoms with van der Waals surface area (Å²) >= 11 is 3.14. The zero-order valence-electron chi connectivity index (χ0n) is 17.6. The number of carbonyl (C=O) groups is 2. The van der Waals surface area contributed by atoms with Crippen LogP contribution < -0.4 is 14.8 Å². The molecule has 1 aromatic heterocycles. The Hall–Kier alpha value is -3.04. The van der Waals surface area contributed by atoms with E-state index in [0.717, 1.165) is 15.6 Å². The van der Waals surface area contributed by atoms with E-state index in [2.05, 4.69) is 10.3 Å². The second kappa shape index (κ2) is 10.1. The normalized spacial score (nSPS) is 13.3. The monoisotopic (exact) mass is 470 g/mol. The van der Waals surface area contributed by atoms with Crippen LogP contribution in [0.5, 0.6) is 11.5 Å². The number of thiazole rings is 1. The van der Waals surface area contributed by atoms with Gasteiger partial charge in [-0.05, 0) is 37.6 Å². The van der Waals surface area contributed by atoms with Crippen LogP contribution in [0, 0.1) is 6.92 Å². The number of esters is 1. The van der Waals surface area contributed by atoms with E-state index >= 15 is 0 Å². The van der Waals surface area contributed by atoms with Gasteiger partial charge in [0.25, 0.3) is 5.91 Å². The van der Waals surface area contributed by atoms with Crippen molar-refractivity contribution < 1.29 is 23.8 Å². The lowest BCUT2D eigenvalue weighted by Crippen LogP contribution is -2.30. The number of rotatable bonds is 7. The first-order valence-electron chi connectivity index (χ1n) is 10.0. The van der Waals surface area contributed by atoms with E-state index in [0.29, 0.717) is 41.7 Å². The number of anilines is 1. The summed E-state index contributed by atoms with van der Waals surface area (Å²) in [6.07, 6.45) is -0.974. The van der Waals surface area contributed by atoms with Crippen LogP contribution in [-0.2, 0) is 15.3 Å². The van der Waals surface area contributed by atoms with Gasteiger partial charge in [-0.3, -0.25) is 4.79 Å². The predicted octanol–water partition coefficient (Wildman–Crippen LogP) is 4.70. The average Bonchev–Trinajstić information content (AvgIpc) is 3.22. The molecule has 0 aliphatic carbocycles. The minimum absolute atomic E-state index is 0.430. The molecule has 1 atom stereocenters. The van der Waals surface area contributed by atoms with Crippen molar-refractivity contribution in [3.05, 3.63) is 64.7 Å². The number of benzene rings is 2. The molecular formula is C23H22N2O5S2. The molecule has 166 valence electrons. The average molecular weight is 471 g/mol. The third kappa shape index (κ3) is 5.41. The lowest BCUT2D eigenvalue weighted by Gasteiger charge is -2.19. The van der Waals surface area contributed by atoms with E-state index in [1.54, 1.807) is 60.4 Å². The van der Waals surface area contributed by atoms with Gasteiger partial charge >= 0.3 is 5.97 Å². The first-order chi connectivity index (χ1) is 15.5. The maximum absolute atomic E-state index is 12.8. The molecule has 0 spiro atoms. The largest absolute Gasteiger partial charge is 0.486 e. The van der Waals surface area contributed by atoms with Crippen molar-refractivity contribution >= 4 is 40.7 Å². The number of fused-ring (bicyclic) bond motifs is 1. The Morgan fingerprint density at radius 3 is 2.75 bits per heavy atom. The Morgan fingerprint density at radius 2 is 1.97 bits per heavy atom. The molecule has 7 nitrogen and oxygen atoms in total. The summed E-state index contributed by atoms with van der Waals surface area (Å²) in [6.45, 7) is 4.44. The molecule has 1 N–H and O–H groups in total. The quantitative estimate of drug-likeness (QED) is 0.396. The molecule has 0 saturated heterocycles. The van der Waals surface area contributed by atoms with Gasteiger partial charge in [-0.15, -0.1) is 11.3 Å². The molecule has 4 rings (SSSR count). The van der Waals surface area contributed by atoms with Gasteiger partial charge in [0.1, 0.15) is 17.6 Å².